The largest absolute Gasteiger partial charge is 0.407 e. The molecule has 232 valence electrons. The van der Waals surface area contributed by atoms with Crippen LogP contribution in [-0.2, 0) is 4.43 Å². The summed E-state index contributed by atoms with van der Waals surface area (Å²) in [6, 6.07) is 31.0. The SMILES string of the molecule is CC(C)(C)[Si](OC[C@H]1C[C@H](n2cnc3c(NC(=O)c4ccccc4)ncnc32)C[C@@H]1CCS)(c1ccccc1)c1ccccc1. The minimum atomic E-state index is -2.65. The maximum Gasteiger partial charge on any atom is 0.261 e. The fraction of sp³-hybridized carbons (Fsp3) is 0.333. The number of carbonyl (C=O) groups is 1. The van der Waals surface area contributed by atoms with Crippen LogP contribution in [0.1, 0.15) is 56.4 Å². The molecule has 0 unspecified atom stereocenters. The number of fused-ring (bicyclic) bond motifs is 1. The first-order chi connectivity index (χ1) is 21.8. The lowest BCUT2D eigenvalue weighted by molar-refractivity contribution is 0.102. The Bertz CT molecular complexity index is 1690. The van der Waals surface area contributed by atoms with E-state index in [0.29, 0.717) is 35.3 Å². The molecule has 2 heterocycles. The molecule has 6 rings (SSSR count). The van der Waals surface area contributed by atoms with Gasteiger partial charge in [-0.15, -0.1) is 0 Å². The molecule has 9 heteroatoms. The van der Waals surface area contributed by atoms with Gasteiger partial charge in [0.05, 0.1) is 6.33 Å². The second kappa shape index (κ2) is 13.3. The van der Waals surface area contributed by atoms with Gasteiger partial charge in [-0.2, -0.15) is 12.6 Å². The minimum absolute atomic E-state index is 0.0786. The van der Waals surface area contributed by atoms with E-state index >= 15 is 0 Å². The molecule has 3 atom stereocenters. The van der Waals surface area contributed by atoms with Crippen LogP contribution < -0.4 is 15.7 Å². The Kier molecular flexibility index (Phi) is 9.21. The van der Waals surface area contributed by atoms with Crippen molar-refractivity contribution in [2.24, 2.45) is 11.8 Å². The number of carbonyl (C=O) groups excluding carboxylic acids is 1. The van der Waals surface area contributed by atoms with E-state index in [-0.39, 0.29) is 17.0 Å². The highest BCUT2D eigenvalue weighted by atomic mass is 32.1. The van der Waals surface area contributed by atoms with Crippen molar-refractivity contribution in [2.45, 2.75) is 51.1 Å². The summed E-state index contributed by atoms with van der Waals surface area (Å²) in [5.41, 5.74) is 1.90. The van der Waals surface area contributed by atoms with E-state index in [1.54, 1.807) is 12.1 Å². The summed E-state index contributed by atoms with van der Waals surface area (Å²) >= 11 is 4.65. The number of hydrogen-bond acceptors (Lipinski definition) is 6. The van der Waals surface area contributed by atoms with Crippen molar-refractivity contribution in [2.75, 3.05) is 17.7 Å². The maximum absolute atomic E-state index is 12.9. The predicted molar refractivity (Wildman–Crippen MR) is 187 cm³/mol. The summed E-state index contributed by atoms with van der Waals surface area (Å²) in [5, 5.41) is 5.45. The molecule has 2 aromatic heterocycles. The first kappa shape index (κ1) is 31.2. The topological polar surface area (TPSA) is 81.9 Å². The number of hydrogen-bond donors (Lipinski definition) is 2. The average Bonchev–Trinajstić information content (AvgIpc) is 3.67. The van der Waals surface area contributed by atoms with Crippen molar-refractivity contribution in [3.63, 3.8) is 0 Å². The van der Waals surface area contributed by atoms with Gasteiger partial charge < -0.3 is 14.3 Å². The molecule has 1 N–H and O–H groups in total. The first-order valence-corrected chi connectivity index (χ1v) is 18.3. The number of thiol groups is 1. The maximum atomic E-state index is 12.9. The Morgan fingerprint density at radius 3 is 2.09 bits per heavy atom. The average molecular weight is 636 g/mol. The van der Waals surface area contributed by atoms with Gasteiger partial charge in [0.1, 0.15) is 6.33 Å². The third-order valence-corrected chi connectivity index (χ3v) is 14.5. The van der Waals surface area contributed by atoms with Gasteiger partial charge >= 0.3 is 0 Å². The molecule has 1 aliphatic rings. The summed E-state index contributed by atoms with van der Waals surface area (Å²) in [6.45, 7) is 7.66. The number of anilines is 1. The lowest BCUT2D eigenvalue weighted by Gasteiger charge is -2.44. The number of benzene rings is 3. The predicted octanol–water partition coefficient (Wildman–Crippen LogP) is 6.54. The zero-order valence-corrected chi connectivity index (χ0v) is 28.0. The van der Waals surface area contributed by atoms with E-state index in [0.717, 1.165) is 30.7 Å². The van der Waals surface area contributed by atoms with E-state index in [1.165, 1.54) is 16.7 Å². The highest BCUT2D eigenvalue weighted by Gasteiger charge is 2.51. The zero-order valence-electron chi connectivity index (χ0n) is 26.1. The van der Waals surface area contributed by atoms with Crippen LogP contribution in [0.15, 0.2) is 104 Å². The van der Waals surface area contributed by atoms with Gasteiger partial charge in [0, 0.05) is 18.2 Å². The quantitative estimate of drug-likeness (QED) is 0.135. The molecule has 1 fully saturated rings. The minimum Gasteiger partial charge on any atom is -0.407 e. The van der Waals surface area contributed by atoms with Crippen molar-refractivity contribution >= 4 is 54.2 Å². The highest BCUT2D eigenvalue weighted by molar-refractivity contribution is 7.80. The van der Waals surface area contributed by atoms with Crippen LogP contribution in [0.2, 0.25) is 5.04 Å². The molecule has 0 radical (unpaired) electrons. The highest BCUT2D eigenvalue weighted by Crippen LogP contribution is 2.44. The monoisotopic (exact) mass is 635 g/mol. The molecule has 1 amide bonds. The van der Waals surface area contributed by atoms with Crippen molar-refractivity contribution < 1.29 is 9.22 Å². The van der Waals surface area contributed by atoms with Crippen molar-refractivity contribution in [3.05, 3.63) is 109 Å². The third kappa shape index (κ3) is 6.21. The van der Waals surface area contributed by atoms with Gasteiger partial charge in [0.15, 0.2) is 17.0 Å². The lowest BCUT2D eigenvalue weighted by atomic mass is 9.95. The Morgan fingerprint density at radius 2 is 1.49 bits per heavy atom. The van der Waals surface area contributed by atoms with E-state index in [2.05, 4.69) is 119 Å². The normalized spacial score (nSPS) is 18.7. The summed E-state index contributed by atoms with van der Waals surface area (Å²) < 4.78 is 9.57. The number of amides is 1. The molecule has 0 saturated heterocycles. The van der Waals surface area contributed by atoms with E-state index < -0.39 is 8.32 Å². The standard InChI is InChI=1S/C36H41N5O2SSi/c1-36(2,3)45(30-15-9-5-10-16-30,31-17-11-6-12-18-31)43-23-28-22-29(21-27(28)19-20-44)41-25-39-32-33(37-24-38-34(32)41)40-35(42)26-13-7-4-8-14-26/h4-18,24-25,27-29,44H,19-23H2,1-3H3,(H,37,38,40,42)/t27-,28+,29+/m0/s1. The Balaban J connectivity index is 1.28. The van der Waals surface area contributed by atoms with Crippen LogP contribution >= 0.6 is 12.6 Å². The number of nitrogens with one attached hydrogen (secondary N) is 1. The van der Waals surface area contributed by atoms with Crippen LogP contribution in [0.5, 0.6) is 0 Å². The van der Waals surface area contributed by atoms with Gasteiger partial charge in [0.2, 0.25) is 0 Å². The van der Waals surface area contributed by atoms with Gasteiger partial charge in [0.25, 0.3) is 14.2 Å². The molecule has 7 nitrogen and oxygen atoms in total. The van der Waals surface area contributed by atoms with Crippen molar-refractivity contribution in [1.29, 1.82) is 0 Å². The lowest BCUT2D eigenvalue weighted by Crippen LogP contribution is -2.67. The molecule has 3 aromatic carbocycles. The van der Waals surface area contributed by atoms with Crippen LogP contribution in [0.25, 0.3) is 11.2 Å². The van der Waals surface area contributed by atoms with Crippen molar-refractivity contribution in [1.82, 2.24) is 19.5 Å². The van der Waals surface area contributed by atoms with E-state index in [9.17, 15) is 4.79 Å². The third-order valence-electron chi connectivity index (χ3n) is 9.27. The fourth-order valence-electron chi connectivity index (χ4n) is 7.10. The Labute approximate surface area is 272 Å². The van der Waals surface area contributed by atoms with Gasteiger partial charge in [-0.25, -0.2) is 15.0 Å². The smallest absolute Gasteiger partial charge is 0.261 e. The number of nitrogens with zero attached hydrogens (tertiary/aromatic N) is 4. The van der Waals surface area contributed by atoms with Gasteiger partial charge in [-0.05, 0) is 64.4 Å². The summed E-state index contributed by atoms with van der Waals surface area (Å²) in [6.07, 6.45) is 6.33. The van der Waals surface area contributed by atoms with Crippen LogP contribution in [0, 0.1) is 11.8 Å². The Hall–Kier alpha value is -3.79. The zero-order chi connectivity index (χ0) is 31.4. The molecule has 0 spiro atoms. The summed E-state index contributed by atoms with van der Waals surface area (Å²) in [5.74, 6) is 1.85. The van der Waals surface area contributed by atoms with E-state index in [4.69, 9.17) is 4.43 Å². The molecule has 5 aromatic rings. The van der Waals surface area contributed by atoms with Crippen LogP contribution in [0.4, 0.5) is 5.82 Å². The molecule has 1 aliphatic carbocycles. The number of rotatable bonds is 10. The molecular weight excluding hydrogens is 595 g/mol. The van der Waals surface area contributed by atoms with E-state index in [1.807, 2.05) is 24.5 Å². The van der Waals surface area contributed by atoms with Crippen LogP contribution in [0.3, 0.4) is 0 Å². The molecule has 0 bridgehead atoms. The van der Waals surface area contributed by atoms with Gasteiger partial charge in [-0.1, -0.05) is 99.6 Å². The van der Waals surface area contributed by atoms with Gasteiger partial charge in [-0.3, -0.25) is 4.79 Å². The Morgan fingerprint density at radius 1 is 0.889 bits per heavy atom. The molecule has 1 saturated carbocycles. The van der Waals surface area contributed by atoms with Crippen molar-refractivity contribution in [3.8, 4) is 0 Å². The number of imidazole rings is 1. The summed E-state index contributed by atoms with van der Waals surface area (Å²) in [7, 11) is -2.65. The molecular formula is C36H41N5O2SSi. The molecule has 0 aliphatic heterocycles. The fourth-order valence-corrected chi connectivity index (χ4v) is 12.1. The number of aromatic nitrogens is 4. The van der Waals surface area contributed by atoms with Crippen LogP contribution in [-0.4, -0.2) is 46.1 Å². The first-order valence-electron chi connectivity index (χ1n) is 15.7. The molecule has 45 heavy (non-hydrogen) atoms. The second-order valence-electron chi connectivity index (χ2n) is 13.0. The summed E-state index contributed by atoms with van der Waals surface area (Å²) in [4.78, 5) is 26.6. The second-order valence-corrected chi connectivity index (χ2v) is 17.8.